The predicted molar refractivity (Wildman–Crippen MR) is 116 cm³/mol. The summed E-state index contributed by atoms with van der Waals surface area (Å²) in [4.78, 5) is 12.3. The summed E-state index contributed by atoms with van der Waals surface area (Å²) in [6, 6.07) is 15.9. The van der Waals surface area contributed by atoms with Gasteiger partial charge in [-0.15, -0.1) is 20.4 Å². The van der Waals surface area contributed by atoms with E-state index >= 15 is 0 Å². The maximum absolute atomic E-state index is 12.3. The molecule has 4 aromatic rings. The van der Waals surface area contributed by atoms with Gasteiger partial charge in [-0.1, -0.05) is 70.6 Å². The van der Waals surface area contributed by atoms with Gasteiger partial charge in [-0.25, -0.2) is 0 Å². The van der Waals surface area contributed by atoms with Crippen LogP contribution in [0.3, 0.4) is 0 Å². The van der Waals surface area contributed by atoms with Crippen molar-refractivity contribution in [3.8, 4) is 11.5 Å². The first kappa shape index (κ1) is 20.2. The number of aryl methyl sites for hydroxylation is 2. The molecule has 152 valence electrons. The number of nitrogens with one attached hydrogen (secondary N) is 1. The summed E-state index contributed by atoms with van der Waals surface area (Å²) >= 11 is 2.62. The van der Waals surface area contributed by atoms with E-state index in [0.29, 0.717) is 28.4 Å². The van der Waals surface area contributed by atoms with Gasteiger partial charge in [0.05, 0.1) is 5.75 Å². The summed E-state index contributed by atoms with van der Waals surface area (Å²) in [6.45, 7) is 4.51. The first-order chi connectivity index (χ1) is 14.6. The molecule has 4 rings (SSSR count). The van der Waals surface area contributed by atoms with Crippen molar-refractivity contribution >= 4 is 29.0 Å². The Morgan fingerprint density at radius 1 is 0.967 bits per heavy atom. The van der Waals surface area contributed by atoms with Gasteiger partial charge in [-0.05, 0) is 31.5 Å². The van der Waals surface area contributed by atoms with Crippen molar-refractivity contribution < 1.29 is 9.21 Å². The van der Waals surface area contributed by atoms with Crippen molar-refractivity contribution in [1.29, 1.82) is 0 Å². The van der Waals surface area contributed by atoms with Crippen molar-refractivity contribution in [2.24, 2.45) is 0 Å². The van der Waals surface area contributed by atoms with E-state index in [2.05, 4.69) is 25.7 Å². The van der Waals surface area contributed by atoms with E-state index in [1.165, 1.54) is 34.2 Å². The Labute approximate surface area is 182 Å². The Kier molecular flexibility index (Phi) is 6.20. The summed E-state index contributed by atoms with van der Waals surface area (Å²) < 4.78 is 5.70. The number of carbonyl (C=O) groups is 1. The summed E-state index contributed by atoms with van der Waals surface area (Å²) in [7, 11) is 0. The minimum atomic E-state index is -0.233. The topological polar surface area (TPSA) is 93.8 Å². The fraction of sp³-hybridized carbons (Fsp3) is 0.190. The largest absolute Gasteiger partial charge is 0.411 e. The zero-order valence-corrected chi connectivity index (χ0v) is 18.1. The minimum absolute atomic E-state index is 0.233. The van der Waals surface area contributed by atoms with Crippen LogP contribution in [0.5, 0.6) is 0 Å². The number of hydrogen-bond donors (Lipinski definition) is 1. The standard InChI is InChI=1S/C21H19N5O2S2/c1-13-3-7-15(8-4-13)11-22-18(27)20-25-23-17(30-20)12-29-21-26-24-19(28-21)16-9-5-14(2)6-10-16/h3-10H,11-12H2,1-2H3,(H,22,27). The molecule has 0 radical (unpaired) electrons. The van der Waals surface area contributed by atoms with Crippen LogP contribution in [-0.2, 0) is 12.3 Å². The van der Waals surface area contributed by atoms with Crippen molar-refractivity contribution in [1.82, 2.24) is 25.7 Å². The molecular formula is C21H19N5O2S2. The van der Waals surface area contributed by atoms with E-state index in [9.17, 15) is 4.79 Å². The predicted octanol–water partition coefficient (Wildman–Crippen LogP) is 4.43. The third-order valence-corrected chi connectivity index (χ3v) is 6.19. The van der Waals surface area contributed by atoms with Crippen LogP contribution in [-0.4, -0.2) is 26.3 Å². The van der Waals surface area contributed by atoms with Gasteiger partial charge in [0.15, 0.2) is 0 Å². The normalized spacial score (nSPS) is 10.9. The highest BCUT2D eigenvalue weighted by Gasteiger charge is 2.15. The smallest absolute Gasteiger partial charge is 0.282 e. The van der Waals surface area contributed by atoms with Gasteiger partial charge >= 0.3 is 0 Å². The fourth-order valence-electron chi connectivity index (χ4n) is 2.57. The number of carbonyl (C=O) groups excluding carboxylic acids is 1. The highest BCUT2D eigenvalue weighted by Crippen LogP contribution is 2.26. The van der Waals surface area contributed by atoms with Gasteiger partial charge in [0.1, 0.15) is 5.01 Å². The molecule has 9 heteroatoms. The maximum Gasteiger partial charge on any atom is 0.282 e. The van der Waals surface area contributed by atoms with E-state index in [0.717, 1.165) is 16.1 Å². The first-order valence-corrected chi connectivity index (χ1v) is 11.1. The van der Waals surface area contributed by atoms with Gasteiger partial charge < -0.3 is 9.73 Å². The van der Waals surface area contributed by atoms with Gasteiger partial charge in [-0.2, -0.15) is 0 Å². The first-order valence-electron chi connectivity index (χ1n) is 9.26. The quantitative estimate of drug-likeness (QED) is 0.428. The van der Waals surface area contributed by atoms with Crippen LogP contribution in [0, 0.1) is 13.8 Å². The second-order valence-electron chi connectivity index (χ2n) is 6.70. The molecule has 2 aromatic carbocycles. The molecule has 0 saturated heterocycles. The molecule has 30 heavy (non-hydrogen) atoms. The highest BCUT2D eigenvalue weighted by atomic mass is 32.2. The average Bonchev–Trinajstić information content (AvgIpc) is 3.42. The van der Waals surface area contributed by atoms with E-state index in [1.54, 1.807) is 0 Å². The van der Waals surface area contributed by atoms with Gasteiger partial charge in [0.25, 0.3) is 11.1 Å². The van der Waals surface area contributed by atoms with E-state index in [-0.39, 0.29) is 5.91 Å². The van der Waals surface area contributed by atoms with Crippen LogP contribution in [0.15, 0.2) is 58.2 Å². The molecule has 1 N–H and O–H groups in total. The molecule has 2 aromatic heterocycles. The lowest BCUT2D eigenvalue weighted by atomic mass is 10.1. The Morgan fingerprint density at radius 2 is 1.67 bits per heavy atom. The summed E-state index contributed by atoms with van der Waals surface area (Å²) in [5.74, 6) is 0.744. The van der Waals surface area contributed by atoms with E-state index in [4.69, 9.17) is 4.42 Å². The summed E-state index contributed by atoms with van der Waals surface area (Å²) in [6.07, 6.45) is 0. The SMILES string of the molecule is Cc1ccc(CNC(=O)c2nnc(CSc3nnc(-c4ccc(C)cc4)o3)s2)cc1. The number of aromatic nitrogens is 4. The molecule has 0 unspecified atom stereocenters. The Hall–Kier alpha value is -3.04. The monoisotopic (exact) mass is 437 g/mol. The molecule has 7 nitrogen and oxygen atoms in total. The molecule has 1 amide bonds. The number of rotatable bonds is 7. The average molecular weight is 438 g/mol. The molecule has 0 aliphatic carbocycles. The molecule has 0 aliphatic heterocycles. The van der Waals surface area contributed by atoms with E-state index < -0.39 is 0 Å². The summed E-state index contributed by atoms with van der Waals surface area (Å²) in [5, 5.41) is 20.6. The van der Waals surface area contributed by atoms with Crippen LogP contribution < -0.4 is 5.32 Å². The third kappa shape index (κ3) is 5.11. The van der Waals surface area contributed by atoms with Gasteiger partial charge in [-0.3, -0.25) is 4.79 Å². The minimum Gasteiger partial charge on any atom is -0.411 e. The van der Waals surface area contributed by atoms with Gasteiger partial charge in [0.2, 0.25) is 10.9 Å². The zero-order chi connectivity index (χ0) is 20.9. The van der Waals surface area contributed by atoms with Crippen LogP contribution in [0.25, 0.3) is 11.5 Å². The number of benzene rings is 2. The second-order valence-corrected chi connectivity index (χ2v) is 8.69. The lowest BCUT2D eigenvalue weighted by Crippen LogP contribution is -2.22. The lowest BCUT2D eigenvalue weighted by Gasteiger charge is -2.03. The van der Waals surface area contributed by atoms with Gasteiger partial charge in [0, 0.05) is 12.1 Å². The molecule has 0 aliphatic rings. The van der Waals surface area contributed by atoms with Crippen LogP contribution in [0.1, 0.15) is 31.5 Å². The Bertz CT molecular complexity index is 1140. The van der Waals surface area contributed by atoms with Crippen LogP contribution in [0.2, 0.25) is 0 Å². The molecule has 0 spiro atoms. The Morgan fingerprint density at radius 3 is 2.40 bits per heavy atom. The maximum atomic E-state index is 12.3. The van der Waals surface area contributed by atoms with Crippen molar-refractivity contribution in [3.05, 3.63) is 75.2 Å². The van der Waals surface area contributed by atoms with Crippen molar-refractivity contribution in [2.75, 3.05) is 0 Å². The fourth-order valence-corrected chi connectivity index (χ4v) is 4.08. The molecule has 0 bridgehead atoms. The zero-order valence-electron chi connectivity index (χ0n) is 16.5. The number of hydrogen-bond acceptors (Lipinski definition) is 8. The van der Waals surface area contributed by atoms with E-state index in [1.807, 2.05) is 62.4 Å². The van der Waals surface area contributed by atoms with Crippen LogP contribution >= 0.6 is 23.1 Å². The molecule has 0 saturated carbocycles. The highest BCUT2D eigenvalue weighted by molar-refractivity contribution is 7.98. The van der Waals surface area contributed by atoms with Crippen LogP contribution in [0.4, 0.5) is 0 Å². The second kappa shape index (κ2) is 9.19. The lowest BCUT2D eigenvalue weighted by molar-refractivity contribution is 0.0950. The molecule has 0 fully saturated rings. The van der Waals surface area contributed by atoms with Crippen molar-refractivity contribution in [3.63, 3.8) is 0 Å². The molecule has 2 heterocycles. The molecule has 0 atom stereocenters. The summed E-state index contributed by atoms with van der Waals surface area (Å²) in [5.41, 5.74) is 4.27. The third-order valence-electron chi connectivity index (χ3n) is 4.26. The van der Waals surface area contributed by atoms with Crippen molar-refractivity contribution in [2.45, 2.75) is 31.4 Å². The number of nitrogens with zero attached hydrogens (tertiary/aromatic N) is 4. The number of thioether (sulfide) groups is 1. The molecular weight excluding hydrogens is 418 g/mol. The Balaban J connectivity index is 1.30. The number of amides is 1.